The maximum Gasteiger partial charge on any atom is 0.250 e. The number of halogens is 1. The van der Waals surface area contributed by atoms with Crippen molar-refractivity contribution in [1.29, 1.82) is 0 Å². The van der Waals surface area contributed by atoms with Gasteiger partial charge < -0.3 is 0 Å². The summed E-state index contributed by atoms with van der Waals surface area (Å²) in [6, 6.07) is 14.6. The molecule has 21 heavy (non-hydrogen) atoms. The SMILES string of the molecule is Cc1ccc(S(=O)(=O)N[SH](=O)(CCl)c2ccccc2)cc1. The summed E-state index contributed by atoms with van der Waals surface area (Å²) in [5, 5.41) is -0.303. The maximum absolute atomic E-state index is 12.8. The second kappa shape index (κ2) is 6.27. The van der Waals surface area contributed by atoms with Gasteiger partial charge in [-0.05, 0) is 41.3 Å². The number of sulfonamides is 1. The average Bonchev–Trinajstić information content (AvgIpc) is 2.48. The summed E-state index contributed by atoms with van der Waals surface area (Å²) in [7, 11) is -7.32. The zero-order chi connectivity index (χ0) is 15.5. The topological polar surface area (TPSA) is 63.2 Å². The second-order valence-corrected chi connectivity index (χ2v) is 9.76. The van der Waals surface area contributed by atoms with Gasteiger partial charge in [-0.1, -0.05) is 35.9 Å². The van der Waals surface area contributed by atoms with Gasteiger partial charge in [0.05, 0.1) is 10.1 Å². The fraction of sp³-hybridized carbons (Fsp3) is 0.143. The van der Waals surface area contributed by atoms with E-state index in [0.717, 1.165) is 5.56 Å². The number of rotatable bonds is 5. The van der Waals surface area contributed by atoms with Crippen molar-refractivity contribution in [3.63, 3.8) is 0 Å². The normalized spacial score (nSPS) is 13.0. The van der Waals surface area contributed by atoms with E-state index in [2.05, 4.69) is 4.13 Å². The highest BCUT2D eigenvalue weighted by Gasteiger charge is 2.25. The molecule has 0 aliphatic heterocycles. The molecule has 114 valence electrons. The Morgan fingerprint density at radius 3 is 2.14 bits per heavy atom. The Bertz CT molecular complexity index is 759. The third kappa shape index (κ3) is 3.71. The molecule has 0 bridgehead atoms. The van der Waals surface area contributed by atoms with E-state index in [-0.39, 0.29) is 10.1 Å². The first-order valence-corrected chi connectivity index (χ1v) is 10.1. The number of thiol groups is 1. The molecule has 0 spiro atoms. The Balaban J connectivity index is 2.38. The molecule has 0 fully saturated rings. The molecule has 0 saturated carbocycles. The maximum atomic E-state index is 12.8. The van der Waals surface area contributed by atoms with Crippen molar-refractivity contribution < 1.29 is 12.6 Å². The standard InChI is InChI=1S/C14H16ClNO3S2/c1-12-7-9-14(10-8-12)21(18,19)16-20(17,11-15)13-5-3-2-4-6-13/h2-10,20H,11H2,1H3,(H,16,17). The second-order valence-electron chi connectivity index (χ2n) is 4.60. The molecule has 0 radical (unpaired) electrons. The van der Waals surface area contributed by atoms with Gasteiger partial charge in [-0.3, -0.25) is 4.21 Å². The van der Waals surface area contributed by atoms with Crippen LogP contribution < -0.4 is 4.13 Å². The van der Waals surface area contributed by atoms with Gasteiger partial charge >= 0.3 is 0 Å². The van der Waals surface area contributed by atoms with E-state index >= 15 is 0 Å². The van der Waals surface area contributed by atoms with Crippen molar-refractivity contribution >= 4 is 31.7 Å². The molecule has 0 saturated heterocycles. The van der Waals surface area contributed by atoms with Crippen LogP contribution in [0.2, 0.25) is 0 Å². The highest BCUT2D eigenvalue weighted by Crippen LogP contribution is 2.21. The van der Waals surface area contributed by atoms with E-state index in [1.54, 1.807) is 42.5 Å². The fourth-order valence-electron chi connectivity index (χ4n) is 1.78. The third-order valence-electron chi connectivity index (χ3n) is 2.94. The summed E-state index contributed by atoms with van der Waals surface area (Å²) in [5.74, 6) is 0. The van der Waals surface area contributed by atoms with Crippen LogP contribution in [-0.4, -0.2) is 17.8 Å². The van der Waals surface area contributed by atoms with Gasteiger partial charge in [0.15, 0.2) is 0 Å². The summed E-state index contributed by atoms with van der Waals surface area (Å²) < 4.78 is 39.8. The molecular weight excluding hydrogens is 330 g/mol. The first-order valence-electron chi connectivity index (χ1n) is 6.19. The van der Waals surface area contributed by atoms with E-state index in [1.165, 1.54) is 12.1 Å². The lowest BCUT2D eigenvalue weighted by Gasteiger charge is -2.23. The van der Waals surface area contributed by atoms with Crippen LogP contribution in [0, 0.1) is 6.92 Å². The van der Waals surface area contributed by atoms with Crippen molar-refractivity contribution in [1.82, 2.24) is 4.13 Å². The van der Waals surface area contributed by atoms with Gasteiger partial charge in [0.25, 0.3) is 0 Å². The minimum Gasteiger partial charge on any atom is -0.265 e. The van der Waals surface area contributed by atoms with Gasteiger partial charge in [-0.15, -0.1) is 15.7 Å². The van der Waals surface area contributed by atoms with Gasteiger partial charge in [0.2, 0.25) is 10.0 Å². The Labute approximate surface area is 130 Å². The van der Waals surface area contributed by atoms with Crippen LogP contribution in [0.1, 0.15) is 5.56 Å². The lowest BCUT2D eigenvalue weighted by atomic mass is 10.2. The third-order valence-corrected chi connectivity index (χ3v) is 8.45. The smallest absolute Gasteiger partial charge is 0.250 e. The van der Waals surface area contributed by atoms with Gasteiger partial charge in [0, 0.05) is 4.90 Å². The lowest BCUT2D eigenvalue weighted by Crippen LogP contribution is -2.37. The summed E-state index contributed by atoms with van der Waals surface area (Å²) in [6.45, 7) is 1.86. The van der Waals surface area contributed by atoms with Crippen LogP contribution in [0.25, 0.3) is 0 Å². The number of hydrogen-bond acceptors (Lipinski definition) is 3. The first kappa shape index (κ1) is 16.2. The van der Waals surface area contributed by atoms with Crippen molar-refractivity contribution in [2.24, 2.45) is 0 Å². The lowest BCUT2D eigenvalue weighted by molar-refractivity contribution is 0.592. The Hall–Kier alpha value is -1.21. The minimum atomic E-state index is -3.89. The molecule has 2 rings (SSSR count). The van der Waals surface area contributed by atoms with Crippen LogP contribution >= 0.6 is 11.6 Å². The predicted molar refractivity (Wildman–Crippen MR) is 86.5 cm³/mol. The Kier molecular flexibility index (Phi) is 4.83. The molecule has 0 atom stereocenters. The van der Waals surface area contributed by atoms with E-state index in [1.807, 2.05) is 6.92 Å². The molecular formula is C14H16ClNO3S2. The van der Waals surface area contributed by atoms with Gasteiger partial charge in [-0.2, -0.15) is 0 Å². The summed E-state index contributed by atoms with van der Waals surface area (Å²) >= 11 is 5.77. The molecule has 0 unspecified atom stereocenters. The van der Waals surface area contributed by atoms with Crippen LogP contribution in [0.15, 0.2) is 64.4 Å². The van der Waals surface area contributed by atoms with Crippen molar-refractivity contribution in [2.45, 2.75) is 16.7 Å². The average molecular weight is 346 g/mol. The molecule has 0 amide bonds. The quantitative estimate of drug-likeness (QED) is 0.646. The zero-order valence-corrected chi connectivity index (χ0v) is 13.8. The summed E-state index contributed by atoms with van der Waals surface area (Å²) in [5.41, 5.74) is 0.942. The molecule has 4 nitrogen and oxygen atoms in total. The largest absolute Gasteiger partial charge is 0.265 e. The number of hydrogen-bond donors (Lipinski definition) is 2. The molecule has 0 aliphatic carbocycles. The number of benzene rings is 2. The van der Waals surface area contributed by atoms with Crippen LogP contribution in [0.4, 0.5) is 0 Å². The summed E-state index contributed by atoms with van der Waals surface area (Å²) in [4.78, 5) is 0.449. The van der Waals surface area contributed by atoms with E-state index < -0.39 is 20.1 Å². The number of alkyl halides is 1. The highest BCUT2D eigenvalue weighted by molar-refractivity contribution is 8.12. The molecule has 1 N–H and O–H groups in total. The molecule has 0 aromatic heterocycles. The fourth-order valence-corrected chi connectivity index (χ4v) is 6.51. The number of nitrogens with one attached hydrogen (secondary N) is 1. The van der Waals surface area contributed by atoms with Crippen molar-refractivity contribution in [3.05, 3.63) is 60.2 Å². The van der Waals surface area contributed by atoms with Gasteiger partial charge in [-0.25, -0.2) is 8.42 Å². The van der Waals surface area contributed by atoms with E-state index in [4.69, 9.17) is 11.6 Å². The first-order chi connectivity index (χ1) is 9.87. The number of aryl methyl sites for hydroxylation is 1. The van der Waals surface area contributed by atoms with Crippen molar-refractivity contribution in [2.75, 3.05) is 5.21 Å². The van der Waals surface area contributed by atoms with Gasteiger partial charge in [0.1, 0.15) is 0 Å². The van der Waals surface area contributed by atoms with Crippen LogP contribution in [-0.2, 0) is 20.1 Å². The van der Waals surface area contributed by atoms with Crippen LogP contribution in [0.5, 0.6) is 0 Å². The monoisotopic (exact) mass is 345 g/mol. The molecule has 0 heterocycles. The van der Waals surface area contributed by atoms with Crippen molar-refractivity contribution in [3.8, 4) is 0 Å². The Morgan fingerprint density at radius 2 is 1.62 bits per heavy atom. The zero-order valence-electron chi connectivity index (χ0n) is 11.4. The van der Waals surface area contributed by atoms with E-state index in [9.17, 15) is 12.6 Å². The minimum absolute atomic E-state index is 0.0642. The molecule has 0 aliphatic rings. The molecule has 2 aromatic rings. The van der Waals surface area contributed by atoms with E-state index in [0.29, 0.717) is 4.90 Å². The van der Waals surface area contributed by atoms with Crippen LogP contribution in [0.3, 0.4) is 0 Å². The molecule has 2 aromatic carbocycles. The predicted octanol–water partition coefficient (Wildman–Crippen LogP) is 2.46. The summed E-state index contributed by atoms with van der Waals surface area (Å²) in [6.07, 6.45) is 0. The highest BCUT2D eigenvalue weighted by atomic mass is 35.5. The Morgan fingerprint density at radius 1 is 1.05 bits per heavy atom. The molecule has 7 heteroatoms.